The normalized spacial score (nSPS) is 24.2. The van der Waals surface area contributed by atoms with Crippen LogP contribution in [0.1, 0.15) is 18.4 Å². The van der Waals surface area contributed by atoms with Crippen LogP contribution >= 0.6 is 0 Å². The zero-order chi connectivity index (χ0) is 22.6. The first kappa shape index (κ1) is 23.0. The summed E-state index contributed by atoms with van der Waals surface area (Å²) in [5, 5.41) is 22.4. The highest BCUT2D eigenvalue weighted by Crippen LogP contribution is 2.29. The molecule has 0 saturated carbocycles. The van der Waals surface area contributed by atoms with Gasteiger partial charge in [0.2, 0.25) is 0 Å². The van der Waals surface area contributed by atoms with Gasteiger partial charge in [0, 0.05) is 44.5 Å². The van der Waals surface area contributed by atoms with Gasteiger partial charge in [-0.25, -0.2) is 4.39 Å². The third kappa shape index (κ3) is 5.78. The molecule has 2 N–H and O–H groups in total. The van der Waals surface area contributed by atoms with Gasteiger partial charge < -0.3 is 24.6 Å². The second kappa shape index (κ2) is 9.75. The Labute approximate surface area is 189 Å². The lowest BCUT2D eigenvalue weighted by atomic mass is 9.89. The van der Waals surface area contributed by atoms with Crippen LogP contribution in [-0.2, 0) is 4.74 Å². The first-order valence-corrected chi connectivity index (χ1v) is 11.3. The number of halogens is 1. The monoisotopic (exact) mass is 444 g/mol. The zero-order valence-electron chi connectivity index (χ0n) is 18.7. The van der Waals surface area contributed by atoms with Crippen molar-refractivity contribution in [3.63, 3.8) is 0 Å². The van der Waals surface area contributed by atoms with E-state index >= 15 is 0 Å². The first-order valence-electron chi connectivity index (χ1n) is 11.3. The van der Waals surface area contributed by atoms with Crippen LogP contribution < -0.4 is 9.64 Å². The minimum Gasteiger partial charge on any atom is -0.490 e. The topological polar surface area (TPSA) is 65.4 Å². The molecule has 0 radical (unpaired) electrons. The number of piperidine rings is 1. The number of anilines is 1. The average molecular weight is 445 g/mol. The van der Waals surface area contributed by atoms with Gasteiger partial charge in [0.1, 0.15) is 23.8 Å². The molecule has 2 aromatic rings. The molecular weight excluding hydrogens is 411 g/mol. The van der Waals surface area contributed by atoms with Gasteiger partial charge in [0.15, 0.2) is 0 Å². The molecule has 0 aliphatic carbocycles. The number of nitrogens with zero attached hydrogens (tertiary/aromatic N) is 2. The fraction of sp³-hybridized carbons (Fsp3) is 0.520. The van der Waals surface area contributed by atoms with E-state index in [4.69, 9.17) is 9.47 Å². The molecule has 0 unspecified atom stereocenters. The molecule has 0 aromatic heterocycles. The van der Waals surface area contributed by atoms with Gasteiger partial charge in [-0.3, -0.25) is 4.90 Å². The second-order valence-electron chi connectivity index (χ2n) is 9.23. The molecule has 0 spiro atoms. The highest BCUT2D eigenvalue weighted by atomic mass is 19.1. The second-order valence-corrected chi connectivity index (χ2v) is 9.23. The minimum absolute atomic E-state index is 0.00750. The van der Waals surface area contributed by atoms with E-state index in [0.717, 1.165) is 13.1 Å². The van der Waals surface area contributed by atoms with Crippen LogP contribution in [0.15, 0.2) is 48.5 Å². The van der Waals surface area contributed by atoms with Gasteiger partial charge in [0.05, 0.1) is 18.8 Å². The number of aryl methyl sites for hydroxylation is 1. The van der Waals surface area contributed by atoms with Crippen LogP contribution in [0.3, 0.4) is 0 Å². The SMILES string of the molecule is Cc1ccccc1N1CCC(O)(CN2CCOC[C@@](O)(COc3cccc(F)c3)C2)CC1. The maximum absolute atomic E-state index is 13.4. The van der Waals surface area contributed by atoms with Gasteiger partial charge >= 0.3 is 0 Å². The van der Waals surface area contributed by atoms with Gasteiger partial charge in [-0.15, -0.1) is 0 Å². The van der Waals surface area contributed by atoms with Crippen molar-refractivity contribution in [3.8, 4) is 5.75 Å². The van der Waals surface area contributed by atoms with Crippen molar-refractivity contribution in [2.75, 3.05) is 57.4 Å². The molecule has 32 heavy (non-hydrogen) atoms. The molecule has 174 valence electrons. The lowest BCUT2D eigenvalue weighted by Gasteiger charge is -2.42. The Bertz CT molecular complexity index is 903. The van der Waals surface area contributed by atoms with Crippen molar-refractivity contribution >= 4 is 5.69 Å². The van der Waals surface area contributed by atoms with E-state index < -0.39 is 11.2 Å². The smallest absolute Gasteiger partial charge is 0.134 e. The Balaban J connectivity index is 1.34. The molecular formula is C25H33FN2O4. The molecule has 1 atom stereocenters. The molecule has 2 heterocycles. The Morgan fingerprint density at radius 3 is 2.56 bits per heavy atom. The van der Waals surface area contributed by atoms with Crippen molar-refractivity contribution in [2.45, 2.75) is 31.0 Å². The van der Waals surface area contributed by atoms with Crippen molar-refractivity contribution in [1.29, 1.82) is 0 Å². The van der Waals surface area contributed by atoms with E-state index in [1.807, 2.05) is 12.1 Å². The van der Waals surface area contributed by atoms with E-state index in [-0.39, 0.29) is 19.0 Å². The van der Waals surface area contributed by atoms with Gasteiger partial charge in [-0.1, -0.05) is 24.3 Å². The van der Waals surface area contributed by atoms with Crippen LogP contribution in [0.2, 0.25) is 0 Å². The number of benzene rings is 2. The fourth-order valence-corrected chi connectivity index (χ4v) is 4.65. The molecule has 4 rings (SSSR count). The van der Waals surface area contributed by atoms with Crippen LogP contribution in [0, 0.1) is 12.7 Å². The van der Waals surface area contributed by atoms with Crippen LogP contribution in [0.5, 0.6) is 5.75 Å². The lowest BCUT2D eigenvalue weighted by Crippen LogP contribution is -2.55. The summed E-state index contributed by atoms with van der Waals surface area (Å²) in [5.74, 6) is -0.0103. The minimum atomic E-state index is -1.24. The van der Waals surface area contributed by atoms with Gasteiger partial charge in [0.25, 0.3) is 0 Å². The number of hydrogen-bond donors (Lipinski definition) is 2. The third-order valence-corrected chi connectivity index (χ3v) is 6.41. The maximum atomic E-state index is 13.4. The van der Waals surface area contributed by atoms with E-state index in [2.05, 4.69) is 28.9 Å². The highest BCUT2D eigenvalue weighted by molar-refractivity contribution is 5.53. The molecule has 2 aliphatic rings. The van der Waals surface area contributed by atoms with Crippen LogP contribution in [-0.4, -0.2) is 78.9 Å². The predicted molar refractivity (Wildman–Crippen MR) is 122 cm³/mol. The molecule has 0 amide bonds. The Hall–Kier alpha value is -2.19. The van der Waals surface area contributed by atoms with Crippen molar-refractivity contribution in [1.82, 2.24) is 4.90 Å². The number of aliphatic hydroxyl groups is 2. The lowest BCUT2D eigenvalue weighted by molar-refractivity contribution is -0.0742. The molecule has 0 bridgehead atoms. The summed E-state index contributed by atoms with van der Waals surface area (Å²) in [4.78, 5) is 4.39. The van der Waals surface area contributed by atoms with Crippen molar-refractivity contribution in [2.24, 2.45) is 0 Å². The Morgan fingerprint density at radius 2 is 1.81 bits per heavy atom. The van der Waals surface area contributed by atoms with Crippen LogP contribution in [0.25, 0.3) is 0 Å². The molecule has 7 heteroatoms. The maximum Gasteiger partial charge on any atom is 0.134 e. The fourth-order valence-electron chi connectivity index (χ4n) is 4.65. The number of hydrogen-bond acceptors (Lipinski definition) is 6. The summed E-state index contributed by atoms with van der Waals surface area (Å²) in [5.41, 5.74) is 0.419. The largest absolute Gasteiger partial charge is 0.490 e. The van der Waals surface area contributed by atoms with E-state index in [0.29, 0.717) is 44.8 Å². The zero-order valence-corrected chi connectivity index (χ0v) is 18.7. The third-order valence-electron chi connectivity index (χ3n) is 6.41. The van der Waals surface area contributed by atoms with Crippen LogP contribution in [0.4, 0.5) is 10.1 Å². The summed E-state index contributed by atoms with van der Waals surface area (Å²) in [6.07, 6.45) is 1.33. The number of ether oxygens (including phenoxy) is 2. The molecule has 2 aliphatic heterocycles. The number of rotatable bonds is 6. The summed E-state index contributed by atoms with van der Waals surface area (Å²) < 4.78 is 24.7. The summed E-state index contributed by atoms with van der Waals surface area (Å²) in [6, 6.07) is 14.2. The first-order chi connectivity index (χ1) is 15.3. The number of para-hydroxylation sites is 1. The molecule has 2 aromatic carbocycles. The van der Waals surface area contributed by atoms with Gasteiger partial charge in [-0.05, 0) is 43.5 Å². The van der Waals surface area contributed by atoms with E-state index in [1.54, 1.807) is 12.1 Å². The molecule has 2 fully saturated rings. The summed E-state index contributed by atoms with van der Waals surface area (Å²) >= 11 is 0. The van der Waals surface area contributed by atoms with E-state index in [1.165, 1.54) is 23.4 Å². The van der Waals surface area contributed by atoms with Crippen molar-refractivity contribution in [3.05, 3.63) is 59.9 Å². The predicted octanol–water partition coefficient (Wildman–Crippen LogP) is 2.61. The number of β-amino-alcohol motifs (C(OH)–C–C–N with tert-alkyl or cyclic N) is 2. The molecule has 6 nitrogen and oxygen atoms in total. The van der Waals surface area contributed by atoms with E-state index in [9.17, 15) is 14.6 Å². The Kier molecular flexibility index (Phi) is 7.00. The average Bonchev–Trinajstić information content (AvgIpc) is 2.95. The summed E-state index contributed by atoms with van der Waals surface area (Å²) in [7, 11) is 0. The standard InChI is InChI=1S/C25H33FN2O4/c1-20-5-2-3-8-23(20)28-11-9-24(29,10-12-28)16-27-13-14-31-18-25(30,17-27)19-32-22-7-4-6-21(26)15-22/h2-8,15,29-30H,9-14,16-19H2,1H3/t25-/m1/s1. The molecule has 2 saturated heterocycles. The quantitative estimate of drug-likeness (QED) is 0.714. The highest BCUT2D eigenvalue weighted by Gasteiger charge is 2.39. The Morgan fingerprint density at radius 1 is 1.03 bits per heavy atom. The summed E-state index contributed by atoms with van der Waals surface area (Å²) in [6.45, 7) is 5.73. The van der Waals surface area contributed by atoms with Crippen molar-refractivity contribution < 1.29 is 24.1 Å². The van der Waals surface area contributed by atoms with Gasteiger partial charge in [-0.2, -0.15) is 0 Å².